The smallest absolute Gasteiger partial charge is 0.254 e. The number of aromatic amines is 1. The van der Waals surface area contributed by atoms with Crippen molar-refractivity contribution in [1.82, 2.24) is 9.97 Å². The molecule has 0 atom stereocenters. The van der Waals surface area contributed by atoms with Crippen molar-refractivity contribution in [3.05, 3.63) is 53.3 Å². The molecule has 0 aliphatic heterocycles. The lowest BCUT2D eigenvalue weighted by Gasteiger charge is -2.06. The molecule has 0 bridgehead atoms. The Bertz CT molecular complexity index is 873. The molecule has 0 amide bonds. The van der Waals surface area contributed by atoms with Crippen molar-refractivity contribution in [1.29, 1.82) is 0 Å². The van der Waals surface area contributed by atoms with E-state index in [4.69, 9.17) is 21.1 Å². The van der Waals surface area contributed by atoms with Gasteiger partial charge >= 0.3 is 0 Å². The van der Waals surface area contributed by atoms with E-state index in [1.54, 1.807) is 26.4 Å². The average Bonchev–Trinajstić information content (AvgIpc) is 2.97. The highest BCUT2D eigenvalue weighted by molar-refractivity contribution is 6.68. The van der Waals surface area contributed by atoms with Gasteiger partial charge in [0.2, 0.25) is 0 Å². The van der Waals surface area contributed by atoms with Crippen LogP contribution < -0.4 is 9.47 Å². The standard InChI is InChI=1S/C17H15ClN2O3/c1-22-12-6-4-3-5-10(12)9-14-19-15-11(17(18)21)7-8-13(23-2)16(15)20-14/h3-8H,9H2,1-2H3,(H,19,20). The number of fused-ring (bicyclic) bond motifs is 1. The molecule has 2 aromatic carbocycles. The number of rotatable bonds is 5. The summed E-state index contributed by atoms with van der Waals surface area (Å²) in [6, 6.07) is 11.0. The first-order chi connectivity index (χ1) is 11.1. The van der Waals surface area contributed by atoms with Crippen molar-refractivity contribution in [2.24, 2.45) is 0 Å². The number of methoxy groups -OCH3 is 2. The van der Waals surface area contributed by atoms with E-state index in [1.165, 1.54) is 0 Å². The molecule has 0 radical (unpaired) electrons. The van der Waals surface area contributed by atoms with E-state index >= 15 is 0 Å². The van der Waals surface area contributed by atoms with Crippen molar-refractivity contribution >= 4 is 27.9 Å². The van der Waals surface area contributed by atoms with Gasteiger partial charge in [-0.25, -0.2) is 4.98 Å². The molecule has 6 heteroatoms. The number of carbonyl (C=O) groups excluding carboxylic acids is 1. The summed E-state index contributed by atoms with van der Waals surface area (Å²) in [5.74, 6) is 2.10. The minimum absolute atomic E-state index is 0.352. The molecule has 0 unspecified atom stereocenters. The minimum atomic E-state index is -0.548. The van der Waals surface area contributed by atoms with Crippen LogP contribution in [0.25, 0.3) is 11.0 Å². The lowest BCUT2D eigenvalue weighted by Crippen LogP contribution is -1.95. The third-order valence-electron chi connectivity index (χ3n) is 3.64. The molecule has 0 aliphatic carbocycles. The lowest BCUT2D eigenvalue weighted by atomic mass is 10.1. The number of ether oxygens (including phenoxy) is 2. The zero-order valence-corrected chi connectivity index (χ0v) is 13.5. The Kier molecular flexibility index (Phi) is 4.21. The van der Waals surface area contributed by atoms with E-state index in [9.17, 15) is 4.79 Å². The van der Waals surface area contributed by atoms with Gasteiger partial charge in [-0.15, -0.1) is 0 Å². The van der Waals surface area contributed by atoms with Crippen LogP contribution in [-0.2, 0) is 6.42 Å². The molecule has 1 N–H and O–H groups in total. The highest BCUT2D eigenvalue weighted by Crippen LogP contribution is 2.29. The average molecular weight is 331 g/mol. The Balaban J connectivity index is 2.09. The highest BCUT2D eigenvalue weighted by Gasteiger charge is 2.16. The van der Waals surface area contributed by atoms with Crippen LogP contribution in [0.4, 0.5) is 0 Å². The van der Waals surface area contributed by atoms with Crippen molar-refractivity contribution in [2.75, 3.05) is 14.2 Å². The van der Waals surface area contributed by atoms with Crippen LogP contribution >= 0.6 is 11.6 Å². The molecule has 0 aliphatic rings. The Morgan fingerprint density at radius 1 is 1.13 bits per heavy atom. The molecular formula is C17H15ClN2O3. The first-order valence-corrected chi connectivity index (χ1v) is 7.39. The molecule has 1 aromatic heterocycles. The molecule has 3 aromatic rings. The van der Waals surface area contributed by atoms with Crippen molar-refractivity contribution in [3.8, 4) is 11.5 Å². The van der Waals surface area contributed by atoms with Gasteiger partial charge in [0.1, 0.15) is 28.4 Å². The van der Waals surface area contributed by atoms with Gasteiger partial charge in [-0.1, -0.05) is 18.2 Å². The zero-order valence-electron chi connectivity index (χ0n) is 12.7. The van der Waals surface area contributed by atoms with Crippen molar-refractivity contribution < 1.29 is 14.3 Å². The number of H-pyrrole nitrogens is 1. The Labute approximate surface area is 138 Å². The van der Waals surface area contributed by atoms with Gasteiger partial charge in [-0.2, -0.15) is 0 Å². The number of para-hydroxylation sites is 1. The Hall–Kier alpha value is -2.53. The predicted octanol–water partition coefficient (Wildman–Crippen LogP) is 3.55. The van der Waals surface area contributed by atoms with Crippen LogP contribution in [-0.4, -0.2) is 29.4 Å². The number of carbonyl (C=O) groups is 1. The van der Waals surface area contributed by atoms with E-state index in [1.807, 2.05) is 24.3 Å². The second kappa shape index (κ2) is 6.30. The van der Waals surface area contributed by atoms with E-state index < -0.39 is 5.24 Å². The molecule has 23 heavy (non-hydrogen) atoms. The number of hydrogen-bond acceptors (Lipinski definition) is 4. The number of nitrogens with zero attached hydrogens (tertiary/aromatic N) is 1. The third-order valence-corrected chi connectivity index (χ3v) is 3.84. The van der Waals surface area contributed by atoms with E-state index in [2.05, 4.69) is 9.97 Å². The molecular weight excluding hydrogens is 316 g/mol. The fourth-order valence-corrected chi connectivity index (χ4v) is 2.71. The van der Waals surface area contributed by atoms with Crippen molar-refractivity contribution in [3.63, 3.8) is 0 Å². The minimum Gasteiger partial charge on any atom is -0.496 e. The molecule has 118 valence electrons. The number of benzene rings is 2. The van der Waals surface area contributed by atoms with Crippen LogP contribution in [0.15, 0.2) is 36.4 Å². The van der Waals surface area contributed by atoms with Gasteiger partial charge in [0.15, 0.2) is 0 Å². The van der Waals surface area contributed by atoms with Crippen LogP contribution in [0.1, 0.15) is 21.7 Å². The predicted molar refractivity (Wildman–Crippen MR) is 88.6 cm³/mol. The van der Waals surface area contributed by atoms with Crippen molar-refractivity contribution in [2.45, 2.75) is 6.42 Å². The first-order valence-electron chi connectivity index (χ1n) is 7.01. The second-order valence-electron chi connectivity index (χ2n) is 4.98. The fraction of sp³-hybridized carbons (Fsp3) is 0.176. The number of halogens is 1. The maximum absolute atomic E-state index is 11.6. The van der Waals surface area contributed by atoms with Crippen LogP contribution in [0.2, 0.25) is 0 Å². The van der Waals surface area contributed by atoms with Gasteiger partial charge in [-0.3, -0.25) is 4.79 Å². The SMILES string of the molecule is COc1ccccc1Cc1nc2c(C(=O)Cl)ccc(OC)c2[nH]1. The monoisotopic (exact) mass is 330 g/mol. The zero-order chi connectivity index (χ0) is 16.4. The highest BCUT2D eigenvalue weighted by atomic mass is 35.5. The summed E-state index contributed by atoms with van der Waals surface area (Å²) < 4.78 is 10.7. The van der Waals surface area contributed by atoms with Crippen LogP contribution in [0.5, 0.6) is 11.5 Å². The summed E-state index contributed by atoms with van der Waals surface area (Å²) in [6.07, 6.45) is 0.539. The maximum atomic E-state index is 11.6. The first kappa shape index (κ1) is 15.4. The molecule has 0 fully saturated rings. The summed E-state index contributed by atoms with van der Waals surface area (Å²) in [5.41, 5.74) is 2.51. The van der Waals surface area contributed by atoms with E-state index in [0.29, 0.717) is 34.6 Å². The van der Waals surface area contributed by atoms with Gasteiger partial charge < -0.3 is 14.5 Å². The number of nitrogens with one attached hydrogen (secondary N) is 1. The number of aromatic nitrogens is 2. The molecule has 3 rings (SSSR count). The van der Waals surface area contributed by atoms with E-state index in [0.717, 1.165) is 11.3 Å². The number of imidazole rings is 1. The fourth-order valence-electron chi connectivity index (χ4n) is 2.56. The molecule has 5 nitrogen and oxygen atoms in total. The largest absolute Gasteiger partial charge is 0.496 e. The van der Waals surface area contributed by atoms with Gasteiger partial charge in [-0.05, 0) is 29.8 Å². The lowest BCUT2D eigenvalue weighted by molar-refractivity contribution is 0.108. The molecule has 1 heterocycles. The maximum Gasteiger partial charge on any atom is 0.254 e. The van der Waals surface area contributed by atoms with Gasteiger partial charge in [0, 0.05) is 12.0 Å². The summed E-state index contributed by atoms with van der Waals surface area (Å²) in [4.78, 5) is 19.3. The van der Waals surface area contributed by atoms with Crippen LogP contribution in [0.3, 0.4) is 0 Å². The summed E-state index contributed by atoms with van der Waals surface area (Å²) in [7, 11) is 3.20. The molecule has 0 spiro atoms. The Morgan fingerprint density at radius 3 is 2.57 bits per heavy atom. The summed E-state index contributed by atoms with van der Waals surface area (Å²) in [6.45, 7) is 0. The van der Waals surface area contributed by atoms with E-state index in [-0.39, 0.29) is 0 Å². The van der Waals surface area contributed by atoms with Gasteiger partial charge in [0.25, 0.3) is 5.24 Å². The van der Waals surface area contributed by atoms with Gasteiger partial charge in [0.05, 0.1) is 19.8 Å². The summed E-state index contributed by atoms with van der Waals surface area (Å²) >= 11 is 5.64. The second-order valence-corrected chi connectivity index (χ2v) is 5.33. The number of hydrogen-bond donors (Lipinski definition) is 1. The van der Waals surface area contributed by atoms with Crippen LogP contribution in [0, 0.1) is 0 Å². The molecule has 0 saturated carbocycles. The topological polar surface area (TPSA) is 64.2 Å². The normalized spacial score (nSPS) is 10.7. The Morgan fingerprint density at radius 2 is 1.87 bits per heavy atom. The third kappa shape index (κ3) is 2.87. The molecule has 0 saturated heterocycles. The quantitative estimate of drug-likeness (QED) is 0.727. The summed E-state index contributed by atoms with van der Waals surface area (Å²) in [5, 5.41) is -0.548.